The van der Waals surface area contributed by atoms with Crippen LogP contribution in [0.4, 0.5) is 18.9 Å². The van der Waals surface area contributed by atoms with Gasteiger partial charge in [0.15, 0.2) is 0 Å². The van der Waals surface area contributed by atoms with Crippen LogP contribution in [0.15, 0.2) is 73.1 Å². The number of alkyl halides is 3. The Morgan fingerprint density at radius 3 is 1.71 bits per heavy atom. The van der Waals surface area contributed by atoms with Gasteiger partial charge in [0.2, 0.25) is 0 Å². The first kappa shape index (κ1) is 27.5. The molecule has 2 aromatic carbocycles. The predicted molar refractivity (Wildman–Crippen MR) is 125 cm³/mol. The molecule has 0 radical (unpaired) electrons. The summed E-state index contributed by atoms with van der Waals surface area (Å²) in [6.07, 6.45) is -1.89. The molecular formula is C26H27F3N3O3-. The van der Waals surface area contributed by atoms with E-state index in [4.69, 9.17) is 9.90 Å². The zero-order valence-electron chi connectivity index (χ0n) is 19.6. The van der Waals surface area contributed by atoms with Crippen LogP contribution in [0.5, 0.6) is 0 Å². The lowest BCUT2D eigenvalue weighted by Crippen LogP contribution is -2.37. The first-order valence-corrected chi connectivity index (χ1v) is 10.7. The van der Waals surface area contributed by atoms with Crippen molar-refractivity contribution in [3.05, 3.63) is 95.3 Å². The average molecular weight is 487 g/mol. The van der Waals surface area contributed by atoms with E-state index in [1.165, 1.54) is 11.1 Å². The molecule has 0 bridgehead atoms. The largest absolute Gasteiger partial charge is 0.542 e. The molecule has 0 aliphatic rings. The quantitative estimate of drug-likeness (QED) is 0.544. The fourth-order valence-corrected chi connectivity index (χ4v) is 2.89. The molecule has 9 heteroatoms. The van der Waals surface area contributed by atoms with E-state index in [1.807, 2.05) is 24.3 Å². The standard InChI is InChI=1S/C24H27N3O.C2HF3O2/c1-24(2,3)21-10-6-19(7-11-21)17-26-16-18-4-8-20(9-5-18)23(28)27-22-12-14-25-15-13-22;3-2(4,5)1(6)7/h4-15,26H,16-17H2,1-3H3,(H,25,27,28);(H,6,7)/p-1. The van der Waals surface area contributed by atoms with Crippen LogP contribution in [0.25, 0.3) is 0 Å². The molecule has 0 spiro atoms. The van der Waals surface area contributed by atoms with E-state index in [0.717, 1.165) is 24.3 Å². The SMILES string of the molecule is CC(C)(C)c1ccc(CNCc2ccc(C(=O)Nc3ccncc3)cc2)cc1.O=C([O-])C(F)(F)F. The maximum absolute atomic E-state index is 12.3. The molecule has 3 aromatic rings. The van der Waals surface area contributed by atoms with Crippen molar-refractivity contribution in [3.63, 3.8) is 0 Å². The lowest BCUT2D eigenvalue weighted by atomic mass is 9.87. The van der Waals surface area contributed by atoms with Crippen molar-refractivity contribution in [1.82, 2.24) is 10.3 Å². The number of pyridine rings is 1. The van der Waals surface area contributed by atoms with Gasteiger partial charge in [0, 0.05) is 36.7 Å². The zero-order chi connectivity index (χ0) is 26.1. The highest BCUT2D eigenvalue weighted by molar-refractivity contribution is 6.04. The Balaban J connectivity index is 0.000000540. The van der Waals surface area contributed by atoms with E-state index < -0.39 is 12.1 Å². The molecule has 1 amide bonds. The van der Waals surface area contributed by atoms with E-state index >= 15 is 0 Å². The number of hydrogen-bond acceptors (Lipinski definition) is 5. The highest BCUT2D eigenvalue weighted by atomic mass is 19.4. The second-order valence-corrected chi connectivity index (χ2v) is 8.72. The summed E-state index contributed by atoms with van der Waals surface area (Å²) in [6, 6.07) is 20.0. The molecule has 186 valence electrons. The molecule has 6 nitrogen and oxygen atoms in total. The molecule has 2 N–H and O–H groups in total. The Bertz CT molecular complexity index is 1090. The summed E-state index contributed by atoms with van der Waals surface area (Å²) in [6.45, 7) is 8.24. The van der Waals surface area contributed by atoms with Gasteiger partial charge < -0.3 is 20.5 Å². The van der Waals surface area contributed by atoms with Crippen molar-refractivity contribution < 1.29 is 27.9 Å². The van der Waals surface area contributed by atoms with Gasteiger partial charge in [0.25, 0.3) is 5.91 Å². The van der Waals surface area contributed by atoms with Crippen LogP contribution in [0.3, 0.4) is 0 Å². The molecule has 35 heavy (non-hydrogen) atoms. The first-order chi connectivity index (χ1) is 16.4. The van der Waals surface area contributed by atoms with Crippen molar-refractivity contribution in [1.29, 1.82) is 0 Å². The average Bonchev–Trinajstić information content (AvgIpc) is 2.80. The number of nitrogens with one attached hydrogen (secondary N) is 2. The number of carboxylic acid groups (broad SMARTS) is 1. The number of hydrogen-bond donors (Lipinski definition) is 2. The number of carbonyl (C=O) groups is 2. The van der Waals surface area contributed by atoms with Crippen molar-refractivity contribution in [2.45, 2.75) is 45.5 Å². The maximum atomic E-state index is 12.3. The zero-order valence-corrected chi connectivity index (χ0v) is 19.6. The van der Waals surface area contributed by atoms with Gasteiger partial charge in [-0.1, -0.05) is 57.2 Å². The predicted octanol–water partition coefficient (Wildman–Crippen LogP) is 4.22. The van der Waals surface area contributed by atoms with Gasteiger partial charge in [0.05, 0.1) is 0 Å². The van der Waals surface area contributed by atoms with E-state index in [9.17, 15) is 18.0 Å². The van der Waals surface area contributed by atoms with Crippen LogP contribution < -0.4 is 15.7 Å². The normalized spacial score (nSPS) is 11.3. The number of aliphatic carboxylic acids is 1. The van der Waals surface area contributed by atoms with Crippen molar-refractivity contribution in [2.75, 3.05) is 5.32 Å². The highest BCUT2D eigenvalue weighted by Crippen LogP contribution is 2.22. The minimum atomic E-state index is -5.19. The second kappa shape index (κ2) is 12.1. The van der Waals surface area contributed by atoms with E-state index in [0.29, 0.717) is 5.56 Å². The number of nitrogens with zero attached hydrogens (tertiary/aromatic N) is 1. The third-order valence-corrected chi connectivity index (χ3v) is 4.86. The maximum Gasteiger partial charge on any atom is 0.430 e. The molecule has 1 heterocycles. The number of aromatic nitrogens is 1. The third-order valence-electron chi connectivity index (χ3n) is 4.86. The molecule has 0 atom stereocenters. The van der Waals surface area contributed by atoms with Gasteiger partial charge in [-0.25, -0.2) is 0 Å². The molecule has 0 unspecified atom stereocenters. The van der Waals surface area contributed by atoms with Gasteiger partial charge >= 0.3 is 6.18 Å². The summed E-state index contributed by atoms with van der Waals surface area (Å²) in [4.78, 5) is 25.0. The topological polar surface area (TPSA) is 94.2 Å². The molecule has 3 rings (SSSR count). The van der Waals surface area contributed by atoms with Crippen molar-refractivity contribution in [3.8, 4) is 0 Å². The summed E-state index contributed by atoms with van der Waals surface area (Å²) in [5.74, 6) is -3.13. The minimum absolute atomic E-state index is 0.121. The van der Waals surface area contributed by atoms with Crippen molar-refractivity contribution >= 4 is 17.6 Å². The summed E-state index contributed by atoms with van der Waals surface area (Å²) in [5.41, 5.74) is 5.31. The van der Waals surface area contributed by atoms with E-state index in [2.05, 4.69) is 60.7 Å². The summed E-state index contributed by atoms with van der Waals surface area (Å²) in [7, 11) is 0. The minimum Gasteiger partial charge on any atom is -0.542 e. The fourth-order valence-electron chi connectivity index (χ4n) is 2.89. The third kappa shape index (κ3) is 9.58. The fraction of sp³-hybridized carbons (Fsp3) is 0.269. The smallest absolute Gasteiger partial charge is 0.430 e. The Morgan fingerprint density at radius 2 is 1.29 bits per heavy atom. The van der Waals surface area contributed by atoms with Crippen LogP contribution >= 0.6 is 0 Å². The Labute approximate surface area is 202 Å². The molecule has 0 saturated heterocycles. The monoisotopic (exact) mass is 486 g/mol. The number of carboxylic acids is 1. The van der Waals surface area contributed by atoms with Gasteiger partial charge in [-0.3, -0.25) is 9.78 Å². The van der Waals surface area contributed by atoms with Crippen LogP contribution in [-0.4, -0.2) is 23.0 Å². The first-order valence-electron chi connectivity index (χ1n) is 10.7. The number of amides is 1. The number of rotatable bonds is 6. The molecular weight excluding hydrogens is 459 g/mol. The van der Waals surface area contributed by atoms with Gasteiger partial charge in [-0.15, -0.1) is 0 Å². The Kier molecular flexibility index (Phi) is 9.53. The summed E-state index contributed by atoms with van der Waals surface area (Å²) >= 11 is 0. The van der Waals surface area contributed by atoms with Crippen LogP contribution in [0.2, 0.25) is 0 Å². The number of carbonyl (C=O) groups excluding carboxylic acids is 2. The number of halogens is 3. The van der Waals surface area contributed by atoms with Crippen molar-refractivity contribution in [2.24, 2.45) is 0 Å². The lowest BCUT2D eigenvalue weighted by Gasteiger charge is -2.19. The Morgan fingerprint density at radius 1 is 0.829 bits per heavy atom. The van der Waals surface area contributed by atoms with Gasteiger partial charge in [0.1, 0.15) is 5.97 Å². The summed E-state index contributed by atoms with van der Waals surface area (Å²) < 4.78 is 31.5. The van der Waals surface area contributed by atoms with E-state index in [1.54, 1.807) is 24.5 Å². The highest BCUT2D eigenvalue weighted by Gasteiger charge is 2.28. The number of anilines is 1. The molecule has 0 aliphatic carbocycles. The van der Waals surface area contributed by atoms with Crippen LogP contribution in [0, 0.1) is 0 Å². The van der Waals surface area contributed by atoms with E-state index in [-0.39, 0.29) is 11.3 Å². The van der Waals surface area contributed by atoms with Gasteiger partial charge in [-0.2, -0.15) is 13.2 Å². The molecule has 0 fully saturated rings. The summed E-state index contributed by atoms with van der Waals surface area (Å²) in [5, 5.41) is 15.1. The number of benzene rings is 2. The molecule has 0 aliphatic heterocycles. The molecule has 0 saturated carbocycles. The van der Waals surface area contributed by atoms with Crippen LogP contribution in [0.1, 0.15) is 47.8 Å². The Hall–Kier alpha value is -3.72. The van der Waals surface area contributed by atoms with Gasteiger partial charge in [-0.05, 0) is 46.4 Å². The second-order valence-electron chi connectivity index (χ2n) is 8.72. The van der Waals surface area contributed by atoms with Crippen LogP contribution in [-0.2, 0) is 23.3 Å². The molecule has 1 aromatic heterocycles. The lowest BCUT2D eigenvalue weighted by molar-refractivity contribution is -0.344.